The Kier molecular flexibility index (Phi) is 3.88. The van der Waals surface area contributed by atoms with Gasteiger partial charge in [0.25, 0.3) is 0 Å². The zero-order valence-electron chi connectivity index (χ0n) is 7.48. The molecule has 1 rings (SSSR count). The van der Waals surface area contributed by atoms with Gasteiger partial charge in [0, 0.05) is 0 Å². The Morgan fingerprint density at radius 2 is 2.00 bits per heavy atom. The van der Waals surface area contributed by atoms with Crippen LogP contribution in [0.5, 0.6) is 0 Å². The van der Waals surface area contributed by atoms with Crippen LogP contribution >= 0.6 is 0 Å². The first kappa shape index (κ1) is 9.02. The van der Waals surface area contributed by atoms with Gasteiger partial charge in [-0.25, -0.2) is 0 Å². The molecule has 1 heteroatoms. The molecule has 2 unspecified atom stereocenters. The van der Waals surface area contributed by atoms with Crippen LogP contribution in [0.25, 0.3) is 0 Å². The van der Waals surface area contributed by atoms with Gasteiger partial charge in [0.2, 0.25) is 0 Å². The molecule has 0 saturated heterocycles. The number of hydrogen-bond donors (Lipinski definition) is 0. The van der Waals surface area contributed by atoms with Gasteiger partial charge < -0.3 is 0 Å². The predicted octanol–water partition coefficient (Wildman–Crippen LogP) is 3.56. The molecular weight excluding hydrogens is 139 g/mol. The van der Waals surface area contributed by atoms with Crippen molar-refractivity contribution in [1.29, 1.82) is 0 Å². The highest BCUT2D eigenvalue weighted by Gasteiger charge is 2.15. The molecule has 0 aliphatic heterocycles. The predicted molar refractivity (Wildman–Crippen MR) is 46.3 cm³/mol. The lowest BCUT2D eigenvalue weighted by Gasteiger charge is -2.10. The molecule has 11 heavy (non-hydrogen) atoms. The molecule has 2 atom stereocenters. The van der Waals surface area contributed by atoms with Crippen molar-refractivity contribution in [2.24, 2.45) is 11.8 Å². The highest BCUT2D eigenvalue weighted by atomic mass is 19.1. The van der Waals surface area contributed by atoms with Crippen LogP contribution in [0.2, 0.25) is 0 Å². The van der Waals surface area contributed by atoms with E-state index in [0.717, 1.165) is 12.3 Å². The molecule has 0 nitrogen and oxygen atoms in total. The van der Waals surface area contributed by atoms with Gasteiger partial charge in [-0.15, -0.1) is 0 Å². The smallest absolute Gasteiger partial charge is 0.0897 e. The fourth-order valence-corrected chi connectivity index (χ4v) is 2.01. The van der Waals surface area contributed by atoms with E-state index in [9.17, 15) is 4.39 Å². The summed E-state index contributed by atoms with van der Waals surface area (Å²) >= 11 is 0. The second-order valence-electron chi connectivity index (χ2n) is 3.96. The van der Waals surface area contributed by atoms with E-state index >= 15 is 0 Å². The second kappa shape index (κ2) is 4.74. The van der Waals surface area contributed by atoms with Crippen LogP contribution in [0.1, 0.15) is 45.4 Å². The quantitative estimate of drug-likeness (QED) is 0.539. The molecule has 1 aliphatic carbocycles. The normalized spacial score (nSPS) is 33.3. The summed E-state index contributed by atoms with van der Waals surface area (Å²) in [6.07, 6.45) is 7.37. The average Bonchev–Trinajstić information content (AvgIpc) is 2.17. The summed E-state index contributed by atoms with van der Waals surface area (Å²) in [5.74, 6) is 1.59. The van der Waals surface area contributed by atoms with Gasteiger partial charge >= 0.3 is 0 Å². The molecule has 0 aromatic heterocycles. The van der Waals surface area contributed by atoms with Gasteiger partial charge in [-0.05, 0) is 18.3 Å². The van der Waals surface area contributed by atoms with Gasteiger partial charge in [-0.3, -0.25) is 4.39 Å². The third-order valence-electron chi connectivity index (χ3n) is 2.89. The van der Waals surface area contributed by atoms with E-state index in [0.29, 0.717) is 5.92 Å². The first-order valence-electron chi connectivity index (χ1n) is 4.89. The Morgan fingerprint density at radius 1 is 1.18 bits per heavy atom. The van der Waals surface area contributed by atoms with Crippen molar-refractivity contribution < 1.29 is 4.39 Å². The SMILES string of the molecule is CC1CCCC(CCF)CC1. The lowest BCUT2D eigenvalue weighted by molar-refractivity contribution is 0.354. The van der Waals surface area contributed by atoms with Crippen molar-refractivity contribution in [3.05, 3.63) is 0 Å². The van der Waals surface area contributed by atoms with E-state index in [1.165, 1.54) is 32.1 Å². The van der Waals surface area contributed by atoms with E-state index < -0.39 is 0 Å². The van der Waals surface area contributed by atoms with Crippen LogP contribution in [-0.2, 0) is 0 Å². The Morgan fingerprint density at radius 3 is 2.73 bits per heavy atom. The molecule has 66 valence electrons. The lowest BCUT2D eigenvalue weighted by Crippen LogP contribution is -1.99. The van der Waals surface area contributed by atoms with E-state index in [1.54, 1.807) is 0 Å². The lowest BCUT2D eigenvalue weighted by atomic mass is 9.97. The summed E-state index contributed by atoms with van der Waals surface area (Å²) in [7, 11) is 0. The van der Waals surface area contributed by atoms with Crippen LogP contribution in [0, 0.1) is 11.8 Å². The molecule has 0 aromatic carbocycles. The summed E-state index contributed by atoms with van der Waals surface area (Å²) < 4.78 is 12.0. The molecule has 0 amide bonds. The third-order valence-corrected chi connectivity index (χ3v) is 2.89. The number of rotatable bonds is 2. The molecule has 0 N–H and O–H groups in total. The van der Waals surface area contributed by atoms with Crippen LogP contribution in [0.15, 0.2) is 0 Å². The van der Waals surface area contributed by atoms with Crippen LogP contribution in [-0.4, -0.2) is 6.67 Å². The topological polar surface area (TPSA) is 0 Å². The number of hydrogen-bond acceptors (Lipinski definition) is 0. The first-order chi connectivity index (χ1) is 5.33. The number of halogens is 1. The highest BCUT2D eigenvalue weighted by Crippen LogP contribution is 2.28. The zero-order chi connectivity index (χ0) is 8.10. The molecule has 0 bridgehead atoms. The third kappa shape index (κ3) is 3.22. The minimum Gasteiger partial charge on any atom is -0.251 e. The zero-order valence-corrected chi connectivity index (χ0v) is 7.48. The minimum atomic E-state index is -0.112. The minimum absolute atomic E-state index is 0.112. The molecular formula is C10H19F. The molecule has 0 spiro atoms. The Hall–Kier alpha value is -0.0700. The van der Waals surface area contributed by atoms with Gasteiger partial charge in [0.05, 0.1) is 6.67 Å². The van der Waals surface area contributed by atoms with Crippen molar-refractivity contribution in [3.63, 3.8) is 0 Å². The number of alkyl halides is 1. The van der Waals surface area contributed by atoms with Crippen molar-refractivity contribution in [3.8, 4) is 0 Å². The molecule has 0 heterocycles. The maximum absolute atomic E-state index is 12.0. The Labute approximate surface area is 69.2 Å². The molecule has 1 aliphatic rings. The standard InChI is InChI=1S/C10H19F/c1-9-3-2-4-10(6-5-9)7-8-11/h9-10H,2-8H2,1H3. The Bertz CT molecular complexity index is 101. The highest BCUT2D eigenvalue weighted by molar-refractivity contribution is 4.67. The van der Waals surface area contributed by atoms with Crippen LogP contribution < -0.4 is 0 Å². The fourth-order valence-electron chi connectivity index (χ4n) is 2.01. The van der Waals surface area contributed by atoms with E-state index in [4.69, 9.17) is 0 Å². The summed E-state index contributed by atoms with van der Waals surface area (Å²) in [6, 6.07) is 0. The van der Waals surface area contributed by atoms with Gasteiger partial charge in [0.15, 0.2) is 0 Å². The summed E-state index contributed by atoms with van der Waals surface area (Å²) in [5, 5.41) is 0. The van der Waals surface area contributed by atoms with Crippen molar-refractivity contribution >= 4 is 0 Å². The summed E-state index contributed by atoms with van der Waals surface area (Å²) in [5.41, 5.74) is 0. The van der Waals surface area contributed by atoms with Crippen molar-refractivity contribution in [2.45, 2.75) is 45.4 Å². The second-order valence-corrected chi connectivity index (χ2v) is 3.96. The van der Waals surface area contributed by atoms with Crippen molar-refractivity contribution in [1.82, 2.24) is 0 Å². The van der Waals surface area contributed by atoms with Crippen LogP contribution in [0.4, 0.5) is 4.39 Å². The van der Waals surface area contributed by atoms with E-state index in [-0.39, 0.29) is 6.67 Å². The van der Waals surface area contributed by atoms with E-state index in [2.05, 4.69) is 6.92 Å². The molecule has 0 aromatic rings. The van der Waals surface area contributed by atoms with Crippen molar-refractivity contribution in [2.75, 3.05) is 6.67 Å². The van der Waals surface area contributed by atoms with Gasteiger partial charge in [-0.1, -0.05) is 39.0 Å². The van der Waals surface area contributed by atoms with Gasteiger partial charge in [-0.2, -0.15) is 0 Å². The summed E-state index contributed by atoms with van der Waals surface area (Å²) in [6.45, 7) is 2.21. The molecule has 1 saturated carbocycles. The van der Waals surface area contributed by atoms with Gasteiger partial charge in [0.1, 0.15) is 0 Å². The largest absolute Gasteiger partial charge is 0.251 e. The maximum Gasteiger partial charge on any atom is 0.0897 e. The Balaban J connectivity index is 2.22. The molecule has 0 radical (unpaired) electrons. The first-order valence-corrected chi connectivity index (χ1v) is 4.89. The van der Waals surface area contributed by atoms with E-state index in [1.807, 2.05) is 0 Å². The summed E-state index contributed by atoms with van der Waals surface area (Å²) in [4.78, 5) is 0. The maximum atomic E-state index is 12.0. The average molecular weight is 158 g/mol. The molecule has 1 fully saturated rings. The fraction of sp³-hybridized carbons (Fsp3) is 1.00. The monoisotopic (exact) mass is 158 g/mol. The van der Waals surface area contributed by atoms with Crippen LogP contribution in [0.3, 0.4) is 0 Å².